The van der Waals surface area contributed by atoms with E-state index in [2.05, 4.69) is 65.6 Å². The van der Waals surface area contributed by atoms with Gasteiger partial charge in [0.25, 0.3) is 0 Å². The molecule has 0 bridgehead atoms. The summed E-state index contributed by atoms with van der Waals surface area (Å²) >= 11 is 0. The number of benzene rings is 2. The Morgan fingerprint density at radius 3 is 1.82 bits per heavy atom. The van der Waals surface area contributed by atoms with Gasteiger partial charge in [-0.1, -0.05) is 60.7 Å². The lowest BCUT2D eigenvalue weighted by Gasteiger charge is -2.22. The number of aromatic nitrogens is 2. The van der Waals surface area contributed by atoms with Gasteiger partial charge in [-0.2, -0.15) is 5.10 Å². The van der Waals surface area contributed by atoms with Crippen LogP contribution in [0.5, 0.6) is 0 Å². The van der Waals surface area contributed by atoms with Crippen LogP contribution in [0.4, 0.5) is 5.69 Å². The summed E-state index contributed by atoms with van der Waals surface area (Å²) in [4.78, 5) is 2.12. The van der Waals surface area contributed by atoms with Crippen molar-refractivity contribution in [3.05, 3.63) is 66.4 Å². The molecule has 3 rings (SSSR count). The number of aryl methyl sites for hydroxylation is 1. The Kier molecular flexibility index (Phi) is 3.88. The van der Waals surface area contributed by atoms with Crippen molar-refractivity contribution < 1.29 is 0 Å². The second kappa shape index (κ2) is 5.98. The standard InChI is InChI=1S/C19H19N3/c1-14-17(15-10-6-4-7-11-15)19(22(2)3)18(21-20-14)16-12-8-5-9-13-16/h4-13H,1-3H3. The van der Waals surface area contributed by atoms with Crippen molar-refractivity contribution in [1.29, 1.82) is 0 Å². The summed E-state index contributed by atoms with van der Waals surface area (Å²) in [6.45, 7) is 2.01. The summed E-state index contributed by atoms with van der Waals surface area (Å²) in [5.74, 6) is 0. The second-order valence-corrected chi connectivity index (χ2v) is 5.48. The zero-order valence-corrected chi connectivity index (χ0v) is 13.1. The largest absolute Gasteiger partial charge is 0.375 e. The molecule has 0 saturated carbocycles. The SMILES string of the molecule is Cc1nnc(-c2ccccc2)c(N(C)C)c1-c1ccccc1. The van der Waals surface area contributed by atoms with E-state index in [0.29, 0.717) is 0 Å². The van der Waals surface area contributed by atoms with Crippen LogP contribution in [0, 0.1) is 6.92 Å². The van der Waals surface area contributed by atoms with Gasteiger partial charge in [-0.3, -0.25) is 0 Å². The predicted molar refractivity (Wildman–Crippen MR) is 92.0 cm³/mol. The molecule has 0 aliphatic heterocycles. The van der Waals surface area contributed by atoms with Crippen molar-refractivity contribution in [2.45, 2.75) is 6.92 Å². The van der Waals surface area contributed by atoms with E-state index in [1.807, 2.05) is 31.2 Å². The maximum absolute atomic E-state index is 4.46. The quantitative estimate of drug-likeness (QED) is 0.724. The average molecular weight is 289 g/mol. The lowest BCUT2D eigenvalue weighted by molar-refractivity contribution is 0.972. The normalized spacial score (nSPS) is 10.5. The Morgan fingerprint density at radius 2 is 1.27 bits per heavy atom. The molecule has 3 heteroatoms. The third-order valence-corrected chi connectivity index (χ3v) is 3.68. The molecule has 0 saturated heterocycles. The molecule has 0 unspecified atom stereocenters. The summed E-state index contributed by atoms with van der Waals surface area (Å²) in [6.07, 6.45) is 0. The van der Waals surface area contributed by atoms with Crippen molar-refractivity contribution in [3.8, 4) is 22.4 Å². The molecule has 0 aliphatic carbocycles. The molecule has 0 radical (unpaired) electrons. The lowest BCUT2D eigenvalue weighted by atomic mass is 9.98. The molecular weight excluding hydrogens is 270 g/mol. The summed E-state index contributed by atoms with van der Waals surface area (Å²) in [7, 11) is 4.10. The molecule has 0 aliphatic rings. The molecule has 1 heterocycles. The Balaban J connectivity index is 2.30. The van der Waals surface area contributed by atoms with Gasteiger partial charge in [-0.05, 0) is 12.5 Å². The molecule has 0 N–H and O–H groups in total. The van der Waals surface area contributed by atoms with E-state index < -0.39 is 0 Å². The first-order chi connectivity index (χ1) is 10.7. The minimum atomic E-state index is 0.912. The summed E-state index contributed by atoms with van der Waals surface area (Å²) in [6, 6.07) is 20.6. The fourth-order valence-corrected chi connectivity index (χ4v) is 2.69. The number of rotatable bonds is 3. The van der Waals surface area contributed by atoms with E-state index in [0.717, 1.165) is 33.8 Å². The Labute approximate surface area is 131 Å². The van der Waals surface area contributed by atoms with E-state index in [9.17, 15) is 0 Å². The monoisotopic (exact) mass is 289 g/mol. The highest BCUT2D eigenvalue weighted by molar-refractivity contribution is 5.89. The zero-order valence-electron chi connectivity index (χ0n) is 13.1. The van der Waals surface area contributed by atoms with E-state index >= 15 is 0 Å². The first-order valence-electron chi connectivity index (χ1n) is 7.34. The average Bonchev–Trinajstić information content (AvgIpc) is 2.56. The van der Waals surface area contributed by atoms with Gasteiger partial charge in [0.1, 0.15) is 5.69 Å². The third-order valence-electron chi connectivity index (χ3n) is 3.68. The third kappa shape index (κ3) is 2.58. The molecule has 0 spiro atoms. The van der Waals surface area contributed by atoms with Crippen molar-refractivity contribution in [1.82, 2.24) is 10.2 Å². The van der Waals surface area contributed by atoms with Crippen LogP contribution in [-0.2, 0) is 0 Å². The molecular formula is C19H19N3. The van der Waals surface area contributed by atoms with Crippen LogP contribution in [0.2, 0.25) is 0 Å². The molecule has 110 valence electrons. The molecule has 22 heavy (non-hydrogen) atoms. The first-order valence-corrected chi connectivity index (χ1v) is 7.34. The molecule has 0 fully saturated rings. The van der Waals surface area contributed by atoms with Crippen LogP contribution in [0.1, 0.15) is 5.69 Å². The highest BCUT2D eigenvalue weighted by Gasteiger charge is 2.18. The summed E-state index contributed by atoms with van der Waals surface area (Å²) in [5, 5.41) is 8.86. The number of hydrogen-bond acceptors (Lipinski definition) is 3. The van der Waals surface area contributed by atoms with Crippen LogP contribution < -0.4 is 4.90 Å². The fraction of sp³-hybridized carbons (Fsp3) is 0.158. The van der Waals surface area contributed by atoms with Crippen LogP contribution in [0.15, 0.2) is 60.7 Å². The maximum atomic E-state index is 4.46. The zero-order chi connectivity index (χ0) is 15.5. The van der Waals surface area contributed by atoms with Gasteiger partial charge in [-0.15, -0.1) is 5.10 Å². The minimum absolute atomic E-state index is 0.912. The molecule has 0 amide bonds. The molecule has 1 aromatic heterocycles. The van der Waals surface area contributed by atoms with Gasteiger partial charge in [0.15, 0.2) is 0 Å². The number of hydrogen-bond donors (Lipinski definition) is 0. The molecule has 0 atom stereocenters. The Bertz CT molecular complexity index is 765. The van der Waals surface area contributed by atoms with Gasteiger partial charge in [-0.25, -0.2) is 0 Å². The van der Waals surface area contributed by atoms with Crippen LogP contribution >= 0.6 is 0 Å². The van der Waals surface area contributed by atoms with Gasteiger partial charge < -0.3 is 4.90 Å². The van der Waals surface area contributed by atoms with Gasteiger partial charge >= 0.3 is 0 Å². The fourth-order valence-electron chi connectivity index (χ4n) is 2.69. The van der Waals surface area contributed by atoms with Crippen LogP contribution in [0.3, 0.4) is 0 Å². The van der Waals surface area contributed by atoms with E-state index in [1.54, 1.807) is 0 Å². The van der Waals surface area contributed by atoms with E-state index in [-0.39, 0.29) is 0 Å². The first kappa shape index (κ1) is 14.3. The summed E-state index contributed by atoms with van der Waals surface area (Å²) in [5.41, 5.74) is 6.33. The van der Waals surface area contributed by atoms with Crippen LogP contribution in [-0.4, -0.2) is 24.3 Å². The predicted octanol–water partition coefficient (Wildman–Crippen LogP) is 4.19. The van der Waals surface area contributed by atoms with Crippen LogP contribution in [0.25, 0.3) is 22.4 Å². The van der Waals surface area contributed by atoms with E-state index in [1.165, 1.54) is 0 Å². The second-order valence-electron chi connectivity index (χ2n) is 5.48. The molecule has 2 aromatic carbocycles. The van der Waals surface area contributed by atoms with Crippen molar-refractivity contribution in [2.24, 2.45) is 0 Å². The van der Waals surface area contributed by atoms with E-state index in [4.69, 9.17) is 0 Å². The van der Waals surface area contributed by atoms with Crippen molar-refractivity contribution >= 4 is 5.69 Å². The van der Waals surface area contributed by atoms with Gasteiger partial charge in [0.2, 0.25) is 0 Å². The maximum Gasteiger partial charge on any atom is 0.117 e. The summed E-state index contributed by atoms with van der Waals surface area (Å²) < 4.78 is 0. The lowest BCUT2D eigenvalue weighted by Crippen LogP contribution is -2.14. The highest BCUT2D eigenvalue weighted by atomic mass is 15.2. The molecule has 3 aromatic rings. The Hall–Kier alpha value is -2.68. The molecule has 3 nitrogen and oxygen atoms in total. The number of anilines is 1. The van der Waals surface area contributed by atoms with Gasteiger partial charge in [0, 0.05) is 25.2 Å². The van der Waals surface area contributed by atoms with Crippen molar-refractivity contribution in [3.63, 3.8) is 0 Å². The Morgan fingerprint density at radius 1 is 0.727 bits per heavy atom. The minimum Gasteiger partial charge on any atom is -0.375 e. The highest BCUT2D eigenvalue weighted by Crippen LogP contribution is 2.38. The van der Waals surface area contributed by atoms with Crippen molar-refractivity contribution in [2.75, 3.05) is 19.0 Å². The topological polar surface area (TPSA) is 29.0 Å². The number of nitrogens with zero attached hydrogens (tertiary/aromatic N) is 3. The smallest absolute Gasteiger partial charge is 0.117 e. The van der Waals surface area contributed by atoms with Gasteiger partial charge in [0.05, 0.1) is 11.4 Å².